The second kappa shape index (κ2) is 6.50. The molecule has 3 aromatic heterocycles. The summed E-state index contributed by atoms with van der Waals surface area (Å²) >= 11 is 1.84. The number of pyridine rings is 1. The predicted octanol–water partition coefficient (Wildman–Crippen LogP) is 4.15. The van der Waals surface area contributed by atoms with Gasteiger partial charge in [0.1, 0.15) is 22.2 Å². The molecule has 0 saturated heterocycles. The molecule has 0 atom stereocenters. The molecular formula is C20H24N4OS. The van der Waals surface area contributed by atoms with E-state index in [-0.39, 0.29) is 0 Å². The fourth-order valence-corrected chi connectivity index (χ4v) is 5.19. The molecule has 0 fully saturated rings. The minimum Gasteiger partial charge on any atom is -0.496 e. The lowest BCUT2D eigenvalue weighted by Crippen LogP contribution is -2.20. The number of fused-ring (bicyclic) bond motifs is 3. The number of aryl methyl sites for hydroxylation is 4. The summed E-state index contributed by atoms with van der Waals surface area (Å²) in [4.78, 5) is 19.0. The molecule has 4 rings (SSSR count). The van der Waals surface area contributed by atoms with Crippen molar-refractivity contribution >= 4 is 27.4 Å². The molecule has 0 spiro atoms. The first-order valence-corrected chi connectivity index (χ1v) is 9.80. The number of thiophene rings is 1. The maximum absolute atomic E-state index is 5.56. The van der Waals surface area contributed by atoms with Crippen molar-refractivity contribution in [2.24, 2.45) is 0 Å². The van der Waals surface area contributed by atoms with E-state index < -0.39 is 0 Å². The highest BCUT2D eigenvalue weighted by Crippen LogP contribution is 2.40. The van der Waals surface area contributed by atoms with E-state index in [9.17, 15) is 0 Å². The first-order chi connectivity index (χ1) is 12.5. The molecule has 6 heteroatoms. The van der Waals surface area contributed by atoms with Crippen molar-refractivity contribution < 1.29 is 4.74 Å². The number of aromatic nitrogens is 3. The molecule has 1 aliphatic rings. The largest absolute Gasteiger partial charge is 0.496 e. The molecule has 1 aliphatic carbocycles. The van der Waals surface area contributed by atoms with Gasteiger partial charge in [0.2, 0.25) is 0 Å². The van der Waals surface area contributed by atoms with Crippen molar-refractivity contribution in [3.05, 3.63) is 39.3 Å². The van der Waals surface area contributed by atoms with Crippen LogP contribution in [0.1, 0.15) is 39.5 Å². The molecule has 0 aromatic carbocycles. The average molecular weight is 369 g/mol. The standard InChI is InChI=1S/C20H24N4OS/c1-11-9-21-15(12(2)18(11)25-5)10-24(4)19-17-14-7-6-8-16(14)26-20(17)23-13(3)22-19/h9H,6-8,10H2,1-5H3. The minimum absolute atomic E-state index is 0.693. The molecule has 0 aliphatic heterocycles. The maximum atomic E-state index is 5.56. The number of methoxy groups -OCH3 is 1. The van der Waals surface area contributed by atoms with Gasteiger partial charge in [-0.15, -0.1) is 11.3 Å². The minimum atomic E-state index is 0.693. The molecule has 3 heterocycles. The summed E-state index contributed by atoms with van der Waals surface area (Å²) in [6, 6.07) is 0. The Morgan fingerprint density at radius 2 is 2.00 bits per heavy atom. The predicted molar refractivity (Wildman–Crippen MR) is 107 cm³/mol. The molecule has 0 unspecified atom stereocenters. The summed E-state index contributed by atoms with van der Waals surface area (Å²) in [6.07, 6.45) is 5.44. The van der Waals surface area contributed by atoms with Crippen molar-refractivity contribution in [3.63, 3.8) is 0 Å². The normalized spacial score (nSPS) is 13.3. The highest BCUT2D eigenvalue weighted by atomic mass is 32.1. The van der Waals surface area contributed by atoms with Crippen LogP contribution in [0.25, 0.3) is 10.2 Å². The third-order valence-electron chi connectivity index (χ3n) is 5.16. The molecule has 0 radical (unpaired) electrons. The Labute approximate surface area is 158 Å². The topological polar surface area (TPSA) is 51.1 Å². The summed E-state index contributed by atoms with van der Waals surface area (Å²) in [5, 5.41) is 1.24. The molecule has 0 N–H and O–H groups in total. The summed E-state index contributed by atoms with van der Waals surface area (Å²) in [7, 11) is 3.81. The van der Waals surface area contributed by atoms with Crippen LogP contribution in [0, 0.1) is 20.8 Å². The summed E-state index contributed by atoms with van der Waals surface area (Å²) in [5.41, 5.74) is 4.63. The zero-order valence-electron chi connectivity index (χ0n) is 16.0. The lowest BCUT2D eigenvalue weighted by molar-refractivity contribution is 0.407. The number of nitrogens with zero attached hydrogens (tertiary/aromatic N) is 4. The van der Waals surface area contributed by atoms with Crippen molar-refractivity contribution in [2.45, 2.75) is 46.6 Å². The Hall–Kier alpha value is -2.21. The second-order valence-corrected chi connectivity index (χ2v) is 8.12. The third kappa shape index (κ3) is 2.72. The summed E-state index contributed by atoms with van der Waals surface area (Å²) < 4.78 is 5.56. The fraction of sp³-hybridized carbons (Fsp3) is 0.450. The zero-order chi connectivity index (χ0) is 18.4. The van der Waals surface area contributed by atoms with Crippen LogP contribution in [0.15, 0.2) is 6.20 Å². The van der Waals surface area contributed by atoms with Crippen LogP contribution < -0.4 is 9.64 Å². The van der Waals surface area contributed by atoms with Gasteiger partial charge in [-0.3, -0.25) is 4.98 Å². The number of anilines is 1. The highest BCUT2D eigenvalue weighted by Gasteiger charge is 2.24. The van der Waals surface area contributed by atoms with E-state index in [1.54, 1.807) is 7.11 Å². The number of hydrogen-bond donors (Lipinski definition) is 0. The number of hydrogen-bond acceptors (Lipinski definition) is 6. The van der Waals surface area contributed by atoms with E-state index in [4.69, 9.17) is 14.7 Å². The van der Waals surface area contributed by atoms with Crippen LogP contribution >= 0.6 is 11.3 Å². The van der Waals surface area contributed by atoms with E-state index in [1.165, 1.54) is 28.7 Å². The van der Waals surface area contributed by atoms with Crippen LogP contribution in [0.5, 0.6) is 5.75 Å². The molecule has 0 saturated carbocycles. The zero-order valence-corrected chi connectivity index (χ0v) is 16.8. The smallest absolute Gasteiger partial charge is 0.141 e. The van der Waals surface area contributed by atoms with Crippen molar-refractivity contribution in [1.29, 1.82) is 0 Å². The lowest BCUT2D eigenvalue weighted by Gasteiger charge is -2.21. The Morgan fingerprint density at radius 3 is 2.77 bits per heavy atom. The molecule has 3 aromatic rings. The first kappa shape index (κ1) is 17.2. The Balaban J connectivity index is 1.77. The summed E-state index contributed by atoms with van der Waals surface area (Å²) in [6.45, 7) is 6.77. The Morgan fingerprint density at radius 1 is 1.19 bits per heavy atom. The molecule has 136 valence electrons. The van der Waals surface area contributed by atoms with Gasteiger partial charge in [0.15, 0.2) is 0 Å². The second-order valence-electron chi connectivity index (χ2n) is 7.03. The molecule has 26 heavy (non-hydrogen) atoms. The van der Waals surface area contributed by atoms with Gasteiger partial charge in [-0.2, -0.15) is 0 Å². The van der Waals surface area contributed by atoms with Crippen LogP contribution in [-0.4, -0.2) is 29.1 Å². The van der Waals surface area contributed by atoms with Gasteiger partial charge < -0.3 is 9.64 Å². The number of rotatable bonds is 4. The van der Waals surface area contributed by atoms with E-state index in [2.05, 4.69) is 23.9 Å². The van der Waals surface area contributed by atoms with Gasteiger partial charge in [-0.1, -0.05) is 0 Å². The van der Waals surface area contributed by atoms with Crippen LogP contribution in [0.2, 0.25) is 0 Å². The van der Waals surface area contributed by atoms with Crippen LogP contribution in [0.4, 0.5) is 5.82 Å². The van der Waals surface area contributed by atoms with Gasteiger partial charge in [0.05, 0.1) is 24.7 Å². The van der Waals surface area contributed by atoms with Gasteiger partial charge in [0.25, 0.3) is 0 Å². The summed E-state index contributed by atoms with van der Waals surface area (Å²) in [5.74, 6) is 2.77. The van der Waals surface area contributed by atoms with Gasteiger partial charge >= 0.3 is 0 Å². The van der Waals surface area contributed by atoms with Gasteiger partial charge in [0, 0.05) is 29.2 Å². The SMILES string of the molecule is COc1c(C)cnc(CN(C)c2nc(C)nc3sc4c(c23)CCC4)c1C. The Kier molecular flexibility index (Phi) is 4.31. The molecular weight excluding hydrogens is 344 g/mol. The maximum Gasteiger partial charge on any atom is 0.141 e. The van der Waals surface area contributed by atoms with Crippen LogP contribution in [0.3, 0.4) is 0 Å². The average Bonchev–Trinajstić information content (AvgIpc) is 3.17. The quantitative estimate of drug-likeness (QED) is 0.692. The third-order valence-corrected chi connectivity index (χ3v) is 6.34. The first-order valence-electron chi connectivity index (χ1n) is 8.98. The monoisotopic (exact) mass is 368 g/mol. The van der Waals surface area contributed by atoms with Gasteiger partial charge in [-0.05, 0) is 45.6 Å². The van der Waals surface area contributed by atoms with Gasteiger partial charge in [-0.25, -0.2) is 9.97 Å². The van der Waals surface area contributed by atoms with E-state index >= 15 is 0 Å². The fourth-order valence-electron chi connectivity index (χ4n) is 3.89. The Bertz CT molecular complexity index is 995. The van der Waals surface area contributed by atoms with Crippen molar-refractivity contribution in [2.75, 3.05) is 19.1 Å². The van der Waals surface area contributed by atoms with E-state index in [0.29, 0.717) is 6.54 Å². The van der Waals surface area contributed by atoms with E-state index in [1.807, 2.05) is 31.4 Å². The van der Waals surface area contributed by atoms with Crippen LogP contribution in [-0.2, 0) is 19.4 Å². The van der Waals surface area contributed by atoms with E-state index in [0.717, 1.165) is 45.5 Å². The highest BCUT2D eigenvalue weighted by molar-refractivity contribution is 7.19. The lowest BCUT2D eigenvalue weighted by atomic mass is 10.1. The van der Waals surface area contributed by atoms with Crippen molar-refractivity contribution in [3.8, 4) is 5.75 Å². The number of ether oxygens (including phenoxy) is 1. The molecule has 0 bridgehead atoms. The van der Waals surface area contributed by atoms with Crippen molar-refractivity contribution in [1.82, 2.24) is 15.0 Å². The molecule has 5 nitrogen and oxygen atoms in total. The molecule has 0 amide bonds.